The van der Waals surface area contributed by atoms with E-state index in [0.717, 1.165) is 31.2 Å². The van der Waals surface area contributed by atoms with Crippen LogP contribution in [0.2, 0.25) is 0 Å². The highest BCUT2D eigenvalue weighted by Gasteiger charge is 2.45. The highest BCUT2D eigenvalue weighted by molar-refractivity contribution is 5.84. The zero-order chi connectivity index (χ0) is 18.0. The zero-order valence-corrected chi connectivity index (χ0v) is 15.2. The number of nitrogens with zero attached hydrogens (tertiary/aromatic N) is 1. The summed E-state index contributed by atoms with van der Waals surface area (Å²) < 4.78 is 11.0. The molecule has 5 heteroatoms. The molecule has 138 valence electrons. The Balaban J connectivity index is 1.47. The Hall–Kier alpha value is -1.98. The van der Waals surface area contributed by atoms with E-state index < -0.39 is 0 Å². The molecule has 0 bridgehead atoms. The number of aromatic nitrogens is 1. The maximum absolute atomic E-state index is 12.8. The molecule has 0 radical (unpaired) electrons. The molecule has 1 saturated carbocycles. The molecule has 2 heterocycles. The lowest BCUT2D eigenvalue weighted by Gasteiger charge is -2.40. The largest absolute Gasteiger partial charge is 0.384 e. The first-order valence-electron chi connectivity index (χ1n) is 9.42. The number of ether oxygens (including phenoxy) is 2. The SMILES string of the molecule is COCC1(C(=O)NC2COCC2Cc2ccnc3ccccc23)CCC1. The molecular weight excluding hydrogens is 328 g/mol. The fraction of sp³-hybridized carbons (Fsp3) is 0.524. The van der Waals surface area contributed by atoms with Crippen molar-refractivity contribution >= 4 is 16.8 Å². The smallest absolute Gasteiger partial charge is 0.228 e. The molecule has 2 atom stereocenters. The summed E-state index contributed by atoms with van der Waals surface area (Å²) in [7, 11) is 1.67. The number of amides is 1. The van der Waals surface area contributed by atoms with Crippen LogP contribution in [0.4, 0.5) is 0 Å². The van der Waals surface area contributed by atoms with E-state index >= 15 is 0 Å². The summed E-state index contributed by atoms with van der Waals surface area (Å²) in [5.41, 5.74) is 1.95. The first kappa shape index (κ1) is 17.4. The van der Waals surface area contributed by atoms with Gasteiger partial charge < -0.3 is 14.8 Å². The van der Waals surface area contributed by atoms with E-state index in [0.29, 0.717) is 19.8 Å². The fourth-order valence-electron chi connectivity index (χ4n) is 4.21. The summed E-state index contributed by atoms with van der Waals surface area (Å²) in [5, 5.41) is 4.45. The second kappa shape index (κ2) is 7.33. The molecule has 1 aromatic carbocycles. The van der Waals surface area contributed by atoms with Crippen LogP contribution in [-0.2, 0) is 20.7 Å². The van der Waals surface area contributed by atoms with Gasteiger partial charge in [-0.15, -0.1) is 0 Å². The van der Waals surface area contributed by atoms with Gasteiger partial charge in [-0.1, -0.05) is 24.6 Å². The van der Waals surface area contributed by atoms with Crippen LogP contribution in [0.1, 0.15) is 24.8 Å². The number of hydrogen-bond donors (Lipinski definition) is 1. The predicted octanol–water partition coefficient (Wildman–Crippen LogP) is 2.73. The van der Waals surface area contributed by atoms with E-state index in [-0.39, 0.29) is 23.3 Å². The van der Waals surface area contributed by atoms with Crippen LogP contribution >= 0.6 is 0 Å². The van der Waals surface area contributed by atoms with Gasteiger partial charge in [-0.05, 0) is 37.0 Å². The number of carbonyl (C=O) groups excluding carboxylic acids is 1. The van der Waals surface area contributed by atoms with Crippen molar-refractivity contribution in [3.63, 3.8) is 0 Å². The average Bonchev–Trinajstić information content (AvgIpc) is 3.05. The highest BCUT2D eigenvalue weighted by Crippen LogP contribution is 2.41. The van der Waals surface area contributed by atoms with Gasteiger partial charge in [0.1, 0.15) is 0 Å². The molecular formula is C21H26N2O3. The second-order valence-electron chi connectivity index (χ2n) is 7.64. The van der Waals surface area contributed by atoms with E-state index in [1.54, 1.807) is 7.11 Å². The fourth-order valence-corrected chi connectivity index (χ4v) is 4.21. The minimum absolute atomic E-state index is 0.0590. The first-order valence-corrected chi connectivity index (χ1v) is 9.42. The summed E-state index contributed by atoms with van der Waals surface area (Å²) in [5.74, 6) is 0.412. The third-order valence-electron chi connectivity index (χ3n) is 5.95. The number of benzene rings is 1. The minimum Gasteiger partial charge on any atom is -0.384 e. The van der Waals surface area contributed by atoms with Gasteiger partial charge in [0.2, 0.25) is 5.91 Å². The van der Waals surface area contributed by atoms with Crippen LogP contribution in [0.15, 0.2) is 36.5 Å². The molecule has 2 aliphatic rings. The number of pyridine rings is 1. The van der Waals surface area contributed by atoms with Gasteiger partial charge in [-0.2, -0.15) is 0 Å². The van der Waals surface area contributed by atoms with Gasteiger partial charge >= 0.3 is 0 Å². The molecule has 1 aromatic heterocycles. The van der Waals surface area contributed by atoms with E-state index in [1.807, 2.05) is 24.4 Å². The molecule has 1 amide bonds. The number of rotatable bonds is 6. The van der Waals surface area contributed by atoms with Crippen LogP contribution in [-0.4, -0.2) is 43.9 Å². The van der Waals surface area contributed by atoms with Crippen molar-refractivity contribution in [1.29, 1.82) is 0 Å². The summed E-state index contributed by atoms with van der Waals surface area (Å²) in [6, 6.07) is 10.3. The van der Waals surface area contributed by atoms with E-state index in [1.165, 1.54) is 10.9 Å². The Labute approximate surface area is 154 Å². The number of nitrogens with one attached hydrogen (secondary N) is 1. The van der Waals surface area contributed by atoms with Crippen LogP contribution in [0, 0.1) is 11.3 Å². The molecule has 0 spiro atoms. The topological polar surface area (TPSA) is 60.5 Å². The van der Waals surface area contributed by atoms with Crippen molar-refractivity contribution in [2.75, 3.05) is 26.9 Å². The molecule has 2 fully saturated rings. The lowest BCUT2D eigenvalue weighted by molar-refractivity contribution is -0.141. The highest BCUT2D eigenvalue weighted by atomic mass is 16.5. The standard InChI is InChI=1S/C21H26N2O3/c1-25-14-21(8-4-9-21)20(24)23-19-13-26-12-16(19)11-15-7-10-22-18-6-3-2-5-17(15)18/h2-3,5-7,10,16,19H,4,8-9,11-14H2,1H3,(H,23,24). The summed E-state index contributed by atoms with van der Waals surface area (Å²) in [4.78, 5) is 17.3. The van der Waals surface area contributed by atoms with E-state index in [4.69, 9.17) is 9.47 Å². The van der Waals surface area contributed by atoms with Gasteiger partial charge in [-0.3, -0.25) is 9.78 Å². The van der Waals surface area contributed by atoms with Gasteiger partial charge in [0, 0.05) is 24.6 Å². The monoisotopic (exact) mass is 354 g/mol. The predicted molar refractivity (Wildman–Crippen MR) is 99.8 cm³/mol. The van der Waals surface area contributed by atoms with Crippen molar-refractivity contribution in [3.8, 4) is 0 Å². The van der Waals surface area contributed by atoms with E-state index in [9.17, 15) is 4.79 Å². The summed E-state index contributed by atoms with van der Waals surface area (Å²) in [6.07, 6.45) is 5.68. The molecule has 26 heavy (non-hydrogen) atoms. The zero-order valence-electron chi connectivity index (χ0n) is 15.2. The number of methoxy groups -OCH3 is 1. The molecule has 4 rings (SSSR count). The molecule has 5 nitrogen and oxygen atoms in total. The Morgan fingerprint density at radius 2 is 2.15 bits per heavy atom. The lowest BCUT2D eigenvalue weighted by atomic mass is 9.68. The Bertz CT molecular complexity index is 782. The van der Waals surface area contributed by atoms with Crippen LogP contribution in [0.25, 0.3) is 10.9 Å². The van der Waals surface area contributed by atoms with Crippen LogP contribution < -0.4 is 5.32 Å². The van der Waals surface area contributed by atoms with E-state index in [2.05, 4.69) is 22.4 Å². The quantitative estimate of drug-likeness (QED) is 0.866. The average molecular weight is 354 g/mol. The third kappa shape index (κ3) is 3.21. The third-order valence-corrected chi connectivity index (χ3v) is 5.95. The van der Waals surface area contributed by atoms with Gasteiger partial charge in [0.15, 0.2) is 0 Å². The maximum atomic E-state index is 12.8. The summed E-state index contributed by atoms with van der Waals surface area (Å²) in [6.45, 7) is 1.77. The van der Waals surface area contributed by atoms with Crippen molar-refractivity contribution in [2.24, 2.45) is 11.3 Å². The Kier molecular flexibility index (Phi) is 4.92. The number of carbonyl (C=O) groups is 1. The van der Waals surface area contributed by atoms with Crippen molar-refractivity contribution in [1.82, 2.24) is 10.3 Å². The molecule has 1 N–H and O–H groups in total. The van der Waals surface area contributed by atoms with Gasteiger partial charge in [0.25, 0.3) is 0 Å². The van der Waals surface area contributed by atoms with Gasteiger partial charge in [-0.25, -0.2) is 0 Å². The minimum atomic E-state index is -0.328. The summed E-state index contributed by atoms with van der Waals surface area (Å²) >= 11 is 0. The van der Waals surface area contributed by atoms with Crippen molar-refractivity contribution in [3.05, 3.63) is 42.1 Å². The maximum Gasteiger partial charge on any atom is 0.228 e. The second-order valence-corrected chi connectivity index (χ2v) is 7.64. The van der Waals surface area contributed by atoms with Crippen molar-refractivity contribution in [2.45, 2.75) is 31.7 Å². The molecule has 1 aliphatic carbocycles. The lowest BCUT2D eigenvalue weighted by Crippen LogP contribution is -2.53. The van der Waals surface area contributed by atoms with Crippen LogP contribution in [0.3, 0.4) is 0 Å². The number of hydrogen-bond acceptors (Lipinski definition) is 4. The number of para-hydroxylation sites is 1. The molecule has 2 aromatic rings. The van der Waals surface area contributed by atoms with Gasteiger partial charge in [0.05, 0.1) is 36.8 Å². The van der Waals surface area contributed by atoms with Crippen molar-refractivity contribution < 1.29 is 14.3 Å². The molecule has 2 unspecified atom stereocenters. The Morgan fingerprint density at radius 1 is 1.31 bits per heavy atom. The normalized spacial score (nSPS) is 24.3. The Morgan fingerprint density at radius 3 is 2.92 bits per heavy atom. The number of fused-ring (bicyclic) bond motifs is 1. The molecule has 1 aliphatic heterocycles. The first-order chi connectivity index (χ1) is 12.7. The molecule has 1 saturated heterocycles. The van der Waals surface area contributed by atoms with Crippen LogP contribution in [0.5, 0.6) is 0 Å².